The number of amides is 1. The normalized spacial score (nSPS) is 11.7. The van der Waals surface area contributed by atoms with Crippen LogP contribution in [-0.2, 0) is 9.53 Å². The molecule has 0 heterocycles. The molecule has 146 valence electrons. The van der Waals surface area contributed by atoms with Gasteiger partial charge in [0.15, 0.2) is 6.10 Å². The summed E-state index contributed by atoms with van der Waals surface area (Å²) in [7, 11) is 0. The number of benzene rings is 2. The highest BCUT2D eigenvalue weighted by Crippen LogP contribution is 2.28. The molecule has 1 unspecified atom stereocenters. The Hall–Kier alpha value is -2.05. The number of halogens is 1. The number of anilines is 1. The smallest absolute Gasteiger partial charge is 0.265 e. The van der Waals surface area contributed by atoms with Crippen LogP contribution in [0.1, 0.15) is 25.0 Å². The first-order chi connectivity index (χ1) is 12.9. The monoisotopic (exact) mass is 435 g/mol. The lowest BCUT2D eigenvalue weighted by atomic mass is 10.1. The fourth-order valence-corrected chi connectivity index (χ4v) is 3.27. The van der Waals surface area contributed by atoms with Gasteiger partial charge < -0.3 is 19.5 Å². The summed E-state index contributed by atoms with van der Waals surface area (Å²) in [5, 5.41) is 2.87. The number of hydrogen-bond acceptors (Lipinski definition) is 4. The zero-order valence-electron chi connectivity index (χ0n) is 16.2. The number of ether oxygens (including phenoxy) is 3. The van der Waals surface area contributed by atoms with Crippen LogP contribution in [0.3, 0.4) is 0 Å². The van der Waals surface area contributed by atoms with Gasteiger partial charge in [-0.1, -0.05) is 22.0 Å². The quantitative estimate of drug-likeness (QED) is 0.569. The van der Waals surface area contributed by atoms with Crippen molar-refractivity contribution in [3.63, 3.8) is 0 Å². The minimum absolute atomic E-state index is 0.219. The molecule has 2 aromatic rings. The maximum absolute atomic E-state index is 12.5. The van der Waals surface area contributed by atoms with Crippen molar-refractivity contribution in [1.82, 2.24) is 0 Å². The average molecular weight is 436 g/mol. The van der Waals surface area contributed by atoms with E-state index in [2.05, 4.69) is 21.2 Å². The lowest BCUT2D eigenvalue weighted by Crippen LogP contribution is -2.30. The minimum atomic E-state index is -0.633. The van der Waals surface area contributed by atoms with Gasteiger partial charge in [0.1, 0.15) is 18.1 Å². The van der Waals surface area contributed by atoms with Gasteiger partial charge >= 0.3 is 0 Å². The number of hydrogen-bond donors (Lipinski definition) is 1. The number of rotatable bonds is 9. The Morgan fingerprint density at radius 3 is 2.52 bits per heavy atom. The van der Waals surface area contributed by atoms with Crippen molar-refractivity contribution < 1.29 is 19.0 Å². The van der Waals surface area contributed by atoms with Crippen LogP contribution in [0, 0.1) is 13.8 Å². The van der Waals surface area contributed by atoms with Gasteiger partial charge in [0, 0.05) is 22.8 Å². The van der Waals surface area contributed by atoms with E-state index >= 15 is 0 Å². The van der Waals surface area contributed by atoms with Crippen molar-refractivity contribution in [2.24, 2.45) is 0 Å². The Labute approximate surface area is 169 Å². The molecule has 0 aliphatic heterocycles. The zero-order valence-corrected chi connectivity index (χ0v) is 17.8. The summed E-state index contributed by atoms with van der Waals surface area (Å²) in [5.74, 6) is 1.19. The standard InChI is InChI=1S/C21H26BrNO4/c1-5-25-9-10-26-19-8-6-7-18(13-19)23-21(24)16(4)27-20-14(2)11-17(22)12-15(20)3/h6-8,11-13,16H,5,9-10H2,1-4H3,(H,23,24). The largest absolute Gasteiger partial charge is 0.491 e. The van der Waals surface area contributed by atoms with Crippen LogP contribution in [0.4, 0.5) is 5.69 Å². The van der Waals surface area contributed by atoms with E-state index in [0.717, 1.165) is 21.3 Å². The number of nitrogens with one attached hydrogen (secondary N) is 1. The molecule has 0 bridgehead atoms. The fraction of sp³-hybridized carbons (Fsp3) is 0.381. The van der Waals surface area contributed by atoms with Crippen molar-refractivity contribution in [1.29, 1.82) is 0 Å². The van der Waals surface area contributed by atoms with Gasteiger partial charge in [0.05, 0.1) is 6.61 Å². The van der Waals surface area contributed by atoms with Gasteiger partial charge in [-0.15, -0.1) is 0 Å². The lowest BCUT2D eigenvalue weighted by molar-refractivity contribution is -0.122. The maximum Gasteiger partial charge on any atom is 0.265 e. The van der Waals surface area contributed by atoms with Crippen molar-refractivity contribution >= 4 is 27.5 Å². The third-order valence-electron chi connectivity index (χ3n) is 3.89. The summed E-state index contributed by atoms with van der Waals surface area (Å²) in [5.41, 5.74) is 2.62. The summed E-state index contributed by atoms with van der Waals surface area (Å²) < 4.78 is 17.8. The van der Waals surface area contributed by atoms with Gasteiger partial charge in [0.25, 0.3) is 5.91 Å². The first-order valence-electron chi connectivity index (χ1n) is 8.95. The molecule has 2 aromatic carbocycles. The van der Waals surface area contributed by atoms with Crippen molar-refractivity contribution in [3.05, 3.63) is 52.0 Å². The predicted molar refractivity (Wildman–Crippen MR) is 111 cm³/mol. The van der Waals surface area contributed by atoms with Crippen LogP contribution in [0.15, 0.2) is 40.9 Å². The molecule has 0 aliphatic rings. The number of aryl methyl sites for hydroxylation is 2. The molecule has 1 atom stereocenters. The molecule has 5 nitrogen and oxygen atoms in total. The van der Waals surface area contributed by atoms with Gasteiger partial charge in [-0.05, 0) is 63.1 Å². The summed E-state index contributed by atoms with van der Waals surface area (Å²) in [6.07, 6.45) is -0.633. The molecule has 0 spiro atoms. The van der Waals surface area contributed by atoms with E-state index in [1.807, 2.05) is 51.1 Å². The Kier molecular flexibility index (Phi) is 8.13. The molecule has 1 N–H and O–H groups in total. The summed E-state index contributed by atoms with van der Waals surface area (Å²) in [6.45, 7) is 9.25. The third kappa shape index (κ3) is 6.56. The number of carbonyl (C=O) groups excluding carboxylic acids is 1. The van der Waals surface area contributed by atoms with E-state index in [1.54, 1.807) is 13.0 Å². The van der Waals surface area contributed by atoms with E-state index < -0.39 is 6.10 Å². The second-order valence-corrected chi connectivity index (χ2v) is 7.11. The molecule has 0 aliphatic carbocycles. The highest BCUT2D eigenvalue weighted by Gasteiger charge is 2.17. The van der Waals surface area contributed by atoms with Crippen LogP contribution in [-0.4, -0.2) is 31.8 Å². The molecule has 27 heavy (non-hydrogen) atoms. The maximum atomic E-state index is 12.5. The van der Waals surface area contributed by atoms with Crippen LogP contribution >= 0.6 is 15.9 Å². The molecule has 0 fully saturated rings. The Balaban J connectivity index is 1.96. The highest BCUT2D eigenvalue weighted by atomic mass is 79.9. The van der Waals surface area contributed by atoms with Crippen molar-refractivity contribution in [3.8, 4) is 11.5 Å². The molecular formula is C21H26BrNO4. The van der Waals surface area contributed by atoms with E-state index in [-0.39, 0.29) is 5.91 Å². The van der Waals surface area contributed by atoms with Crippen LogP contribution in [0.5, 0.6) is 11.5 Å². The SMILES string of the molecule is CCOCCOc1cccc(NC(=O)C(C)Oc2c(C)cc(Br)cc2C)c1. The minimum Gasteiger partial charge on any atom is -0.491 e. The molecule has 0 aromatic heterocycles. The Bertz CT molecular complexity index is 756. The summed E-state index contributed by atoms with van der Waals surface area (Å²) in [6, 6.07) is 11.2. The van der Waals surface area contributed by atoms with Gasteiger partial charge in [0.2, 0.25) is 0 Å². The third-order valence-corrected chi connectivity index (χ3v) is 4.35. The molecular weight excluding hydrogens is 410 g/mol. The molecule has 0 radical (unpaired) electrons. The van der Waals surface area contributed by atoms with Gasteiger partial charge in [-0.25, -0.2) is 0 Å². The van der Waals surface area contributed by atoms with Crippen molar-refractivity contribution in [2.75, 3.05) is 25.1 Å². The topological polar surface area (TPSA) is 56.8 Å². The van der Waals surface area contributed by atoms with E-state index in [1.165, 1.54) is 0 Å². The highest BCUT2D eigenvalue weighted by molar-refractivity contribution is 9.10. The molecule has 1 amide bonds. The lowest BCUT2D eigenvalue weighted by Gasteiger charge is -2.18. The Morgan fingerprint density at radius 2 is 1.85 bits per heavy atom. The number of carbonyl (C=O) groups is 1. The van der Waals surface area contributed by atoms with Crippen LogP contribution in [0.2, 0.25) is 0 Å². The first-order valence-corrected chi connectivity index (χ1v) is 9.75. The second-order valence-electron chi connectivity index (χ2n) is 6.19. The Morgan fingerprint density at radius 1 is 1.15 bits per heavy atom. The molecule has 2 rings (SSSR count). The fourth-order valence-electron chi connectivity index (χ4n) is 2.58. The van der Waals surface area contributed by atoms with E-state index in [4.69, 9.17) is 14.2 Å². The summed E-state index contributed by atoms with van der Waals surface area (Å²) in [4.78, 5) is 12.5. The second kappa shape index (κ2) is 10.3. The average Bonchev–Trinajstić information content (AvgIpc) is 2.62. The van der Waals surface area contributed by atoms with Crippen molar-refractivity contribution in [2.45, 2.75) is 33.8 Å². The predicted octanol–water partition coefficient (Wildman–Crippen LogP) is 4.89. The van der Waals surface area contributed by atoms with Gasteiger partial charge in [-0.3, -0.25) is 4.79 Å². The molecule has 6 heteroatoms. The van der Waals surface area contributed by atoms with Crippen LogP contribution in [0.25, 0.3) is 0 Å². The summed E-state index contributed by atoms with van der Waals surface area (Å²) >= 11 is 3.47. The first kappa shape index (κ1) is 21.3. The molecule has 0 saturated carbocycles. The van der Waals surface area contributed by atoms with E-state index in [9.17, 15) is 4.79 Å². The zero-order chi connectivity index (χ0) is 19.8. The van der Waals surface area contributed by atoms with Crippen LogP contribution < -0.4 is 14.8 Å². The molecule has 0 saturated heterocycles. The van der Waals surface area contributed by atoms with Gasteiger partial charge in [-0.2, -0.15) is 0 Å². The van der Waals surface area contributed by atoms with E-state index in [0.29, 0.717) is 31.3 Å².